The lowest BCUT2D eigenvalue weighted by atomic mass is 10.0. The van der Waals surface area contributed by atoms with E-state index in [1.165, 1.54) is 16.0 Å². The van der Waals surface area contributed by atoms with Gasteiger partial charge in [-0.2, -0.15) is 0 Å². The summed E-state index contributed by atoms with van der Waals surface area (Å²) >= 11 is 7.80. The minimum atomic E-state index is -0.665. The highest BCUT2D eigenvalue weighted by atomic mass is 35.5. The van der Waals surface area contributed by atoms with Gasteiger partial charge in [-0.3, -0.25) is 0 Å². The van der Waals surface area contributed by atoms with E-state index in [1.807, 2.05) is 35.0 Å². The summed E-state index contributed by atoms with van der Waals surface area (Å²) < 4.78 is 14.8. The molecule has 0 saturated carbocycles. The third-order valence-electron chi connectivity index (χ3n) is 5.23. The van der Waals surface area contributed by atoms with Crippen LogP contribution in [0.4, 0.5) is 5.69 Å². The number of halogens is 1. The number of nitrogens with zero attached hydrogens (tertiary/aromatic N) is 2. The molecule has 2 heterocycles. The summed E-state index contributed by atoms with van der Waals surface area (Å²) in [5.74, 6) is 0.166. The first kappa shape index (κ1) is 21.2. The molecule has 1 aromatic heterocycles. The molecule has 158 valence electrons. The van der Waals surface area contributed by atoms with Crippen molar-refractivity contribution < 1.29 is 9.47 Å². The van der Waals surface area contributed by atoms with E-state index in [4.69, 9.17) is 26.8 Å². The van der Waals surface area contributed by atoms with Crippen LogP contribution in [0.3, 0.4) is 0 Å². The first-order chi connectivity index (χ1) is 14.5. The molecule has 0 spiro atoms. The number of benzene rings is 2. The standard InChI is InChI=1S/C23H26ClN3O2S/c1-17-12-20(25)6-7-22(17)30-14-21-13-28-23(29-21,15-27-11-10-26-16-27)9-8-18-2-4-19(24)5-3-18/h2-7,10-12,16,21H,8-9,13-15,25H2,1H3. The van der Waals surface area contributed by atoms with Crippen LogP contribution < -0.4 is 5.73 Å². The van der Waals surface area contributed by atoms with Crippen molar-refractivity contribution in [2.24, 2.45) is 0 Å². The van der Waals surface area contributed by atoms with Crippen molar-refractivity contribution in [2.45, 2.75) is 43.1 Å². The van der Waals surface area contributed by atoms with Crippen LogP contribution in [-0.4, -0.2) is 33.8 Å². The van der Waals surface area contributed by atoms with E-state index >= 15 is 0 Å². The smallest absolute Gasteiger partial charge is 0.187 e. The van der Waals surface area contributed by atoms with Gasteiger partial charge in [-0.1, -0.05) is 23.7 Å². The molecule has 1 aliphatic heterocycles. The van der Waals surface area contributed by atoms with Gasteiger partial charge in [0, 0.05) is 40.2 Å². The molecule has 2 N–H and O–H groups in total. The average Bonchev–Trinajstić information content (AvgIpc) is 3.38. The zero-order chi connectivity index (χ0) is 21.0. The summed E-state index contributed by atoms with van der Waals surface area (Å²) in [5.41, 5.74) is 9.06. The summed E-state index contributed by atoms with van der Waals surface area (Å²) in [7, 11) is 0. The molecule has 1 aliphatic rings. The third-order valence-corrected chi connectivity index (χ3v) is 6.79. The van der Waals surface area contributed by atoms with Gasteiger partial charge in [0.25, 0.3) is 0 Å². The predicted molar refractivity (Wildman–Crippen MR) is 122 cm³/mol. The number of nitrogens with two attached hydrogens (primary N) is 1. The highest BCUT2D eigenvalue weighted by Crippen LogP contribution is 2.34. The molecule has 4 rings (SSSR count). The fourth-order valence-electron chi connectivity index (χ4n) is 3.65. The number of hydrogen-bond donors (Lipinski definition) is 1. The van der Waals surface area contributed by atoms with Gasteiger partial charge in [-0.25, -0.2) is 4.98 Å². The maximum absolute atomic E-state index is 6.51. The molecule has 1 fully saturated rings. The Hall–Kier alpha value is -1.99. The van der Waals surface area contributed by atoms with Crippen LogP contribution in [0.5, 0.6) is 0 Å². The maximum Gasteiger partial charge on any atom is 0.187 e. The molecule has 1 saturated heterocycles. The maximum atomic E-state index is 6.51. The number of aromatic nitrogens is 2. The van der Waals surface area contributed by atoms with Crippen molar-refractivity contribution >= 4 is 29.1 Å². The largest absolute Gasteiger partial charge is 0.399 e. The number of nitrogen functional groups attached to an aromatic ring is 1. The van der Waals surface area contributed by atoms with Crippen molar-refractivity contribution in [3.05, 3.63) is 77.3 Å². The minimum Gasteiger partial charge on any atom is -0.399 e. The van der Waals surface area contributed by atoms with Gasteiger partial charge in [0.15, 0.2) is 5.79 Å². The molecular formula is C23H26ClN3O2S. The van der Waals surface area contributed by atoms with Crippen molar-refractivity contribution in [1.29, 1.82) is 0 Å². The van der Waals surface area contributed by atoms with E-state index in [9.17, 15) is 0 Å². The fourth-order valence-corrected chi connectivity index (χ4v) is 4.76. The Morgan fingerprint density at radius 3 is 2.83 bits per heavy atom. The van der Waals surface area contributed by atoms with E-state index in [0.717, 1.165) is 29.3 Å². The number of imidazole rings is 1. The van der Waals surface area contributed by atoms with Crippen molar-refractivity contribution in [1.82, 2.24) is 9.55 Å². The van der Waals surface area contributed by atoms with Gasteiger partial charge >= 0.3 is 0 Å². The molecule has 0 bridgehead atoms. The van der Waals surface area contributed by atoms with Crippen LogP contribution in [0, 0.1) is 6.92 Å². The van der Waals surface area contributed by atoms with Crippen molar-refractivity contribution in [3.8, 4) is 0 Å². The minimum absolute atomic E-state index is 0.0284. The second-order valence-corrected chi connectivity index (χ2v) is 9.16. The summed E-state index contributed by atoms with van der Waals surface area (Å²) in [4.78, 5) is 5.38. The zero-order valence-corrected chi connectivity index (χ0v) is 18.5. The van der Waals surface area contributed by atoms with Gasteiger partial charge < -0.3 is 19.8 Å². The highest BCUT2D eigenvalue weighted by Gasteiger charge is 2.41. The molecule has 2 atom stereocenters. The third kappa shape index (κ3) is 5.38. The number of thioether (sulfide) groups is 1. The first-order valence-electron chi connectivity index (χ1n) is 10.0. The zero-order valence-electron chi connectivity index (χ0n) is 17.0. The summed E-state index contributed by atoms with van der Waals surface area (Å²) in [5, 5.41) is 0.746. The van der Waals surface area contributed by atoms with E-state index in [-0.39, 0.29) is 6.10 Å². The van der Waals surface area contributed by atoms with Crippen LogP contribution in [0.25, 0.3) is 0 Å². The van der Waals surface area contributed by atoms with Crippen LogP contribution in [0.15, 0.2) is 66.1 Å². The Morgan fingerprint density at radius 2 is 2.10 bits per heavy atom. The summed E-state index contributed by atoms with van der Waals surface area (Å²) in [6.07, 6.45) is 7.16. The number of ether oxygens (including phenoxy) is 2. The predicted octanol–water partition coefficient (Wildman–Crippen LogP) is 4.96. The van der Waals surface area contributed by atoms with Crippen LogP contribution in [-0.2, 0) is 22.4 Å². The van der Waals surface area contributed by atoms with Gasteiger partial charge in [-0.15, -0.1) is 11.8 Å². The lowest BCUT2D eigenvalue weighted by Gasteiger charge is -2.28. The molecule has 30 heavy (non-hydrogen) atoms. The van der Waals surface area contributed by atoms with Gasteiger partial charge in [0.05, 0.1) is 25.6 Å². The normalized spacial score (nSPS) is 21.2. The Kier molecular flexibility index (Phi) is 6.68. The Bertz CT molecular complexity index is 965. The van der Waals surface area contributed by atoms with Crippen LogP contribution in [0.2, 0.25) is 5.02 Å². The number of aryl methyl sites for hydroxylation is 2. The molecular weight excluding hydrogens is 418 g/mol. The first-order valence-corrected chi connectivity index (χ1v) is 11.4. The average molecular weight is 444 g/mol. The van der Waals surface area contributed by atoms with Crippen molar-refractivity contribution in [2.75, 3.05) is 18.1 Å². The molecule has 0 amide bonds. The second kappa shape index (κ2) is 9.43. The Morgan fingerprint density at radius 1 is 1.27 bits per heavy atom. The highest BCUT2D eigenvalue weighted by molar-refractivity contribution is 7.99. The van der Waals surface area contributed by atoms with Gasteiger partial charge in [0.2, 0.25) is 0 Å². The second-order valence-electron chi connectivity index (χ2n) is 7.66. The van der Waals surface area contributed by atoms with E-state index in [0.29, 0.717) is 13.2 Å². The fraction of sp³-hybridized carbons (Fsp3) is 0.348. The Labute approximate surface area is 186 Å². The number of rotatable bonds is 8. The van der Waals surface area contributed by atoms with Gasteiger partial charge in [-0.05, 0) is 54.8 Å². The molecule has 0 aliphatic carbocycles. The van der Waals surface area contributed by atoms with E-state index < -0.39 is 5.79 Å². The monoisotopic (exact) mass is 443 g/mol. The van der Waals surface area contributed by atoms with Crippen molar-refractivity contribution in [3.63, 3.8) is 0 Å². The van der Waals surface area contributed by atoms with Crippen LogP contribution >= 0.6 is 23.4 Å². The molecule has 5 nitrogen and oxygen atoms in total. The number of anilines is 1. The molecule has 0 radical (unpaired) electrons. The quantitative estimate of drug-likeness (QED) is 0.393. The van der Waals surface area contributed by atoms with Gasteiger partial charge in [0.1, 0.15) is 0 Å². The topological polar surface area (TPSA) is 62.3 Å². The lowest BCUT2D eigenvalue weighted by Crippen LogP contribution is -2.37. The number of hydrogen-bond acceptors (Lipinski definition) is 5. The summed E-state index contributed by atoms with van der Waals surface area (Å²) in [6, 6.07) is 14.0. The molecule has 7 heteroatoms. The van der Waals surface area contributed by atoms with E-state index in [2.05, 4.69) is 30.1 Å². The molecule has 2 aromatic carbocycles. The molecule has 3 aromatic rings. The summed E-state index contributed by atoms with van der Waals surface area (Å²) in [6.45, 7) is 3.28. The van der Waals surface area contributed by atoms with Crippen LogP contribution in [0.1, 0.15) is 17.5 Å². The Balaban J connectivity index is 1.41. The SMILES string of the molecule is Cc1cc(N)ccc1SCC1COC(CCc2ccc(Cl)cc2)(Cn2ccnc2)O1. The molecule has 2 unspecified atom stereocenters. The van der Waals surface area contributed by atoms with E-state index in [1.54, 1.807) is 24.3 Å². The lowest BCUT2D eigenvalue weighted by molar-refractivity contribution is -0.180.